The molecule has 82 valence electrons. The summed E-state index contributed by atoms with van der Waals surface area (Å²) in [6.07, 6.45) is 13.5. The van der Waals surface area contributed by atoms with Crippen molar-refractivity contribution in [3.05, 3.63) is 0 Å². The number of hydrogen-bond acceptors (Lipinski definition) is 1. The molecule has 0 heterocycles. The molecule has 1 heteroatoms. The van der Waals surface area contributed by atoms with Gasteiger partial charge < -0.3 is 0 Å². The Morgan fingerprint density at radius 3 is 2.00 bits per heavy atom. The summed E-state index contributed by atoms with van der Waals surface area (Å²) < 4.78 is 0. The van der Waals surface area contributed by atoms with Crippen molar-refractivity contribution < 1.29 is 0 Å². The average Bonchev–Trinajstić information content (AvgIpc) is 2.19. The summed E-state index contributed by atoms with van der Waals surface area (Å²) in [5.41, 5.74) is 0. The number of fused-ring (bicyclic) bond motifs is 1. The van der Waals surface area contributed by atoms with Gasteiger partial charge in [-0.2, -0.15) is 12.6 Å². The quantitative estimate of drug-likeness (QED) is 0.615. The highest BCUT2D eigenvalue weighted by Gasteiger charge is 2.28. The first kappa shape index (κ1) is 10.9. The lowest BCUT2D eigenvalue weighted by Crippen LogP contribution is -2.24. The maximum atomic E-state index is 4.50. The van der Waals surface area contributed by atoms with Gasteiger partial charge in [-0.15, -0.1) is 0 Å². The molecule has 0 spiro atoms. The molecule has 3 unspecified atom stereocenters. The normalized spacial score (nSPS) is 39.6. The van der Waals surface area contributed by atoms with Crippen molar-refractivity contribution in [2.75, 3.05) is 5.75 Å². The van der Waals surface area contributed by atoms with Crippen molar-refractivity contribution in [1.82, 2.24) is 0 Å². The molecule has 0 amide bonds. The van der Waals surface area contributed by atoms with E-state index in [9.17, 15) is 0 Å². The topological polar surface area (TPSA) is 0 Å². The van der Waals surface area contributed by atoms with Gasteiger partial charge in [0.1, 0.15) is 0 Å². The van der Waals surface area contributed by atoms with Crippen LogP contribution in [-0.4, -0.2) is 5.75 Å². The Morgan fingerprint density at radius 1 is 0.786 bits per heavy atom. The second-order valence-electron chi connectivity index (χ2n) is 5.37. The van der Waals surface area contributed by atoms with E-state index >= 15 is 0 Å². The van der Waals surface area contributed by atoms with E-state index in [1.54, 1.807) is 0 Å². The van der Waals surface area contributed by atoms with E-state index in [0.717, 1.165) is 23.5 Å². The van der Waals surface area contributed by atoms with E-state index < -0.39 is 0 Å². The molecule has 0 aromatic rings. The molecule has 0 saturated heterocycles. The van der Waals surface area contributed by atoms with Crippen molar-refractivity contribution in [1.29, 1.82) is 0 Å². The van der Waals surface area contributed by atoms with Crippen molar-refractivity contribution in [2.24, 2.45) is 17.8 Å². The Bertz CT molecular complexity index is 167. The lowest BCUT2D eigenvalue weighted by atomic mass is 9.71. The molecule has 0 aromatic carbocycles. The van der Waals surface area contributed by atoms with Crippen LogP contribution >= 0.6 is 12.6 Å². The van der Waals surface area contributed by atoms with Crippen LogP contribution in [0.5, 0.6) is 0 Å². The van der Waals surface area contributed by atoms with Crippen LogP contribution < -0.4 is 0 Å². The van der Waals surface area contributed by atoms with Gasteiger partial charge in [-0.3, -0.25) is 0 Å². The molecule has 2 rings (SSSR count). The van der Waals surface area contributed by atoms with Gasteiger partial charge in [-0.05, 0) is 36.3 Å². The van der Waals surface area contributed by atoms with Crippen LogP contribution in [0.2, 0.25) is 0 Å². The summed E-state index contributed by atoms with van der Waals surface area (Å²) in [5.74, 6) is 4.22. The fourth-order valence-corrected chi connectivity index (χ4v) is 3.86. The maximum absolute atomic E-state index is 4.50. The molecule has 14 heavy (non-hydrogen) atoms. The van der Waals surface area contributed by atoms with Crippen LogP contribution in [0, 0.1) is 17.8 Å². The van der Waals surface area contributed by atoms with Gasteiger partial charge in [0.15, 0.2) is 0 Å². The SMILES string of the molecule is SCC1CCCCC2CCCCC2C1. The molecule has 2 fully saturated rings. The summed E-state index contributed by atoms with van der Waals surface area (Å²) in [4.78, 5) is 0. The zero-order valence-corrected chi connectivity index (χ0v) is 10.1. The van der Waals surface area contributed by atoms with Crippen molar-refractivity contribution in [3.8, 4) is 0 Å². The largest absolute Gasteiger partial charge is 0.179 e. The summed E-state index contributed by atoms with van der Waals surface area (Å²) in [5, 5.41) is 0. The molecule has 2 aliphatic carbocycles. The number of rotatable bonds is 1. The Balaban J connectivity index is 1.93. The van der Waals surface area contributed by atoms with Gasteiger partial charge in [0, 0.05) is 0 Å². The molecule has 0 aliphatic heterocycles. The fraction of sp³-hybridized carbons (Fsp3) is 1.00. The van der Waals surface area contributed by atoms with Crippen LogP contribution in [0.3, 0.4) is 0 Å². The lowest BCUT2D eigenvalue weighted by molar-refractivity contribution is 0.168. The third-order valence-electron chi connectivity index (χ3n) is 4.40. The third-order valence-corrected chi connectivity index (χ3v) is 4.91. The van der Waals surface area contributed by atoms with E-state index in [2.05, 4.69) is 12.6 Å². The predicted molar refractivity (Wildman–Crippen MR) is 65.9 cm³/mol. The molecule has 2 aliphatic rings. The predicted octanol–water partition coefficient (Wildman–Crippen LogP) is 4.30. The highest BCUT2D eigenvalue weighted by molar-refractivity contribution is 7.80. The highest BCUT2D eigenvalue weighted by Crippen LogP contribution is 2.40. The number of hydrogen-bond donors (Lipinski definition) is 1. The Labute approximate surface area is 94.3 Å². The van der Waals surface area contributed by atoms with Gasteiger partial charge in [0.25, 0.3) is 0 Å². The lowest BCUT2D eigenvalue weighted by Gasteiger charge is -2.36. The first-order chi connectivity index (χ1) is 6.90. The second kappa shape index (κ2) is 5.44. The zero-order valence-electron chi connectivity index (χ0n) is 9.25. The average molecular weight is 212 g/mol. The fourth-order valence-electron chi connectivity index (χ4n) is 3.53. The van der Waals surface area contributed by atoms with Gasteiger partial charge in [0.2, 0.25) is 0 Å². The molecule has 0 nitrogen and oxygen atoms in total. The molecule has 0 N–H and O–H groups in total. The summed E-state index contributed by atoms with van der Waals surface area (Å²) >= 11 is 4.50. The minimum absolute atomic E-state index is 0.934. The van der Waals surface area contributed by atoms with Crippen molar-refractivity contribution in [3.63, 3.8) is 0 Å². The van der Waals surface area contributed by atoms with Gasteiger partial charge >= 0.3 is 0 Å². The first-order valence-corrected chi connectivity index (χ1v) is 7.14. The Morgan fingerprint density at radius 2 is 1.36 bits per heavy atom. The van der Waals surface area contributed by atoms with Gasteiger partial charge in [-0.25, -0.2) is 0 Å². The minimum Gasteiger partial charge on any atom is -0.179 e. The van der Waals surface area contributed by atoms with Crippen LogP contribution in [0.25, 0.3) is 0 Å². The van der Waals surface area contributed by atoms with Gasteiger partial charge in [0.05, 0.1) is 0 Å². The van der Waals surface area contributed by atoms with Crippen LogP contribution in [0.4, 0.5) is 0 Å². The first-order valence-electron chi connectivity index (χ1n) is 6.51. The zero-order chi connectivity index (χ0) is 9.80. The summed E-state index contributed by atoms with van der Waals surface area (Å²) in [7, 11) is 0. The summed E-state index contributed by atoms with van der Waals surface area (Å²) in [6.45, 7) is 0. The molecular weight excluding hydrogens is 188 g/mol. The maximum Gasteiger partial charge on any atom is -0.00694 e. The van der Waals surface area contributed by atoms with Crippen molar-refractivity contribution in [2.45, 2.75) is 57.8 Å². The Hall–Kier alpha value is 0.350. The second-order valence-corrected chi connectivity index (χ2v) is 5.74. The number of thiol groups is 1. The van der Waals surface area contributed by atoms with Crippen LogP contribution in [-0.2, 0) is 0 Å². The smallest absolute Gasteiger partial charge is 0.00694 e. The molecule has 0 aromatic heterocycles. The van der Waals surface area contributed by atoms with Crippen LogP contribution in [0.1, 0.15) is 57.8 Å². The molecular formula is C13H24S. The molecule has 3 atom stereocenters. The monoisotopic (exact) mass is 212 g/mol. The third kappa shape index (κ3) is 2.68. The summed E-state index contributed by atoms with van der Waals surface area (Å²) in [6, 6.07) is 0. The molecule has 0 bridgehead atoms. The van der Waals surface area contributed by atoms with E-state index in [-0.39, 0.29) is 0 Å². The molecule has 0 radical (unpaired) electrons. The van der Waals surface area contributed by atoms with Crippen LogP contribution in [0.15, 0.2) is 0 Å². The Kier molecular flexibility index (Phi) is 4.22. The van der Waals surface area contributed by atoms with E-state index in [0.29, 0.717) is 0 Å². The van der Waals surface area contributed by atoms with Gasteiger partial charge in [-0.1, -0.05) is 44.9 Å². The van der Waals surface area contributed by atoms with Crippen molar-refractivity contribution >= 4 is 12.6 Å². The standard InChI is InChI=1S/C13H24S/c14-10-11-5-1-2-6-12-7-3-4-8-13(12)9-11/h11-14H,1-10H2. The minimum atomic E-state index is 0.934. The highest BCUT2D eigenvalue weighted by atomic mass is 32.1. The molecule has 2 saturated carbocycles. The van der Waals surface area contributed by atoms with E-state index in [1.807, 2.05) is 0 Å². The van der Waals surface area contributed by atoms with E-state index in [1.165, 1.54) is 57.8 Å². The van der Waals surface area contributed by atoms with E-state index in [4.69, 9.17) is 0 Å².